The molecule has 1 aliphatic rings. The molecule has 0 aromatic heterocycles. The van der Waals surface area contributed by atoms with E-state index in [4.69, 9.17) is 4.74 Å². The van der Waals surface area contributed by atoms with Gasteiger partial charge in [-0.1, -0.05) is 0 Å². The van der Waals surface area contributed by atoms with Gasteiger partial charge >= 0.3 is 5.97 Å². The highest BCUT2D eigenvalue weighted by Crippen LogP contribution is 2.11. The molecule has 0 aromatic carbocycles. The van der Waals surface area contributed by atoms with Crippen LogP contribution in [0.15, 0.2) is 0 Å². The van der Waals surface area contributed by atoms with Crippen LogP contribution in [0.1, 0.15) is 12.8 Å². The lowest BCUT2D eigenvalue weighted by Gasteiger charge is -2.05. The van der Waals surface area contributed by atoms with E-state index in [1.54, 1.807) is 0 Å². The average Bonchev–Trinajstić information content (AvgIpc) is 2.17. The van der Waals surface area contributed by atoms with Crippen molar-refractivity contribution in [3.63, 3.8) is 0 Å². The van der Waals surface area contributed by atoms with E-state index in [1.807, 2.05) is 7.05 Å². The summed E-state index contributed by atoms with van der Waals surface area (Å²) in [6, 6.07) is 0. The summed E-state index contributed by atoms with van der Waals surface area (Å²) in [6.07, 6.45) is 1.59. The van der Waals surface area contributed by atoms with Crippen LogP contribution in [0, 0.1) is 0 Å². The van der Waals surface area contributed by atoms with E-state index in [-0.39, 0.29) is 12.1 Å². The maximum atomic E-state index is 10.5. The quantitative estimate of drug-likeness (QED) is 0.529. The van der Waals surface area contributed by atoms with E-state index in [0.717, 1.165) is 13.0 Å². The minimum atomic E-state index is -0.0600. The number of carbonyl (C=O) groups excluding carboxylic acids is 1. The number of nitrogens with one attached hydrogen (secondary N) is 1. The zero-order valence-corrected chi connectivity index (χ0v) is 5.52. The van der Waals surface area contributed by atoms with Crippen molar-refractivity contribution in [2.45, 2.75) is 18.9 Å². The zero-order chi connectivity index (χ0) is 6.69. The SMILES string of the molecule is CNC[C@H]1CCC(=O)O1. The van der Waals surface area contributed by atoms with E-state index in [0.29, 0.717) is 6.42 Å². The highest BCUT2D eigenvalue weighted by atomic mass is 16.5. The van der Waals surface area contributed by atoms with Gasteiger partial charge in [0.25, 0.3) is 0 Å². The smallest absolute Gasteiger partial charge is 0.306 e. The molecule has 0 spiro atoms. The highest BCUT2D eigenvalue weighted by Gasteiger charge is 2.21. The summed E-state index contributed by atoms with van der Waals surface area (Å²) in [4.78, 5) is 10.5. The van der Waals surface area contributed by atoms with Crippen molar-refractivity contribution in [3.8, 4) is 0 Å². The van der Waals surface area contributed by atoms with Crippen LogP contribution in [0.2, 0.25) is 0 Å². The summed E-state index contributed by atoms with van der Waals surface area (Å²) in [7, 11) is 1.85. The van der Waals surface area contributed by atoms with Crippen LogP contribution >= 0.6 is 0 Å². The van der Waals surface area contributed by atoms with Crippen LogP contribution in [-0.4, -0.2) is 25.7 Å². The number of likely N-dealkylation sites (N-methyl/N-ethyl adjacent to an activating group) is 1. The van der Waals surface area contributed by atoms with Gasteiger partial charge in [0.1, 0.15) is 6.10 Å². The molecule has 0 unspecified atom stereocenters. The minimum absolute atomic E-state index is 0.0600. The molecule has 3 nitrogen and oxygen atoms in total. The van der Waals surface area contributed by atoms with Crippen molar-refractivity contribution in [2.24, 2.45) is 0 Å². The van der Waals surface area contributed by atoms with Crippen LogP contribution in [-0.2, 0) is 9.53 Å². The Morgan fingerprint density at radius 2 is 2.67 bits per heavy atom. The normalized spacial score (nSPS) is 26.3. The molecule has 9 heavy (non-hydrogen) atoms. The summed E-state index contributed by atoms with van der Waals surface area (Å²) in [6.45, 7) is 0.783. The van der Waals surface area contributed by atoms with E-state index in [1.165, 1.54) is 0 Å². The molecule has 3 heteroatoms. The van der Waals surface area contributed by atoms with Crippen molar-refractivity contribution < 1.29 is 9.53 Å². The maximum absolute atomic E-state index is 10.5. The van der Waals surface area contributed by atoms with Gasteiger partial charge in [0.05, 0.1) is 0 Å². The predicted octanol–water partition coefficient (Wildman–Crippen LogP) is -0.0886. The lowest BCUT2D eigenvalue weighted by Crippen LogP contribution is -2.22. The topological polar surface area (TPSA) is 38.3 Å². The van der Waals surface area contributed by atoms with Crippen molar-refractivity contribution in [1.82, 2.24) is 5.32 Å². The molecular weight excluding hydrogens is 118 g/mol. The monoisotopic (exact) mass is 129 g/mol. The Morgan fingerprint density at radius 3 is 3.11 bits per heavy atom. The fourth-order valence-corrected chi connectivity index (χ4v) is 0.954. The number of carbonyl (C=O) groups is 1. The Labute approximate surface area is 54.4 Å². The number of rotatable bonds is 2. The summed E-state index contributed by atoms with van der Waals surface area (Å²) in [5.74, 6) is -0.0600. The molecule has 0 amide bonds. The van der Waals surface area contributed by atoms with Crippen LogP contribution in [0.3, 0.4) is 0 Å². The Balaban J connectivity index is 2.22. The van der Waals surface area contributed by atoms with Crippen molar-refractivity contribution in [3.05, 3.63) is 0 Å². The number of cyclic esters (lactones) is 1. The first-order chi connectivity index (χ1) is 4.33. The summed E-state index contributed by atoms with van der Waals surface area (Å²) >= 11 is 0. The Bertz CT molecular complexity index is 114. The average molecular weight is 129 g/mol. The fraction of sp³-hybridized carbons (Fsp3) is 0.833. The van der Waals surface area contributed by atoms with Gasteiger partial charge in [0.2, 0.25) is 0 Å². The Morgan fingerprint density at radius 1 is 1.89 bits per heavy atom. The molecule has 0 aliphatic carbocycles. The second kappa shape index (κ2) is 2.82. The van der Waals surface area contributed by atoms with Crippen LogP contribution in [0.5, 0.6) is 0 Å². The molecule has 1 saturated heterocycles. The lowest BCUT2D eigenvalue weighted by molar-refractivity contribution is -0.141. The van der Waals surface area contributed by atoms with Crippen molar-refractivity contribution in [2.75, 3.05) is 13.6 Å². The van der Waals surface area contributed by atoms with E-state index in [9.17, 15) is 4.79 Å². The van der Waals surface area contributed by atoms with Gasteiger partial charge in [-0.2, -0.15) is 0 Å². The molecule has 1 atom stereocenters. The third-order valence-electron chi connectivity index (χ3n) is 1.40. The first kappa shape index (κ1) is 6.55. The summed E-state index contributed by atoms with van der Waals surface area (Å²) in [5, 5.41) is 2.95. The molecule has 1 heterocycles. The number of hydrogen-bond acceptors (Lipinski definition) is 3. The molecule has 1 rings (SSSR count). The second-order valence-corrected chi connectivity index (χ2v) is 2.21. The van der Waals surface area contributed by atoms with Crippen molar-refractivity contribution >= 4 is 5.97 Å². The third kappa shape index (κ3) is 1.68. The summed E-state index contributed by atoms with van der Waals surface area (Å²) < 4.78 is 4.90. The first-order valence-electron chi connectivity index (χ1n) is 3.17. The van der Waals surface area contributed by atoms with E-state index >= 15 is 0 Å². The molecule has 1 aliphatic heterocycles. The van der Waals surface area contributed by atoms with Crippen molar-refractivity contribution in [1.29, 1.82) is 0 Å². The maximum Gasteiger partial charge on any atom is 0.306 e. The largest absolute Gasteiger partial charge is 0.461 e. The number of ether oxygens (including phenoxy) is 1. The molecule has 0 saturated carbocycles. The van der Waals surface area contributed by atoms with Gasteiger partial charge in [-0.05, 0) is 13.5 Å². The van der Waals surface area contributed by atoms with E-state index in [2.05, 4.69) is 5.32 Å². The molecular formula is C6H11NO2. The van der Waals surface area contributed by atoms with Gasteiger partial charge in [0.15, 0.2) is 0 Å². The minimum Gasteiger partial charge on any atom is -0.461 e. The standard InChI is InChI=1S/C6H11NO2/c1-7-4-5-2-3-6(8)9-5/h5,7H,2-4H2,1H3/t5-/m1/s1. The molecule has 1 N–H and O–H groups in total. The van der Waals surface area contributed by atoms with Crippen LogP contribution in [0.4, 0.5) is 0 Å². The van der Waals surface area contributed by atoms with Crippen LogP contribution in [0.25, 0.3) is 0 Å². The second-order valence-electron chi connectivity index (χ2n) is 2.21. The van der Waals surface area contributed by atoms with Gasteiger partial charge < -0.3 is 10.1 Å². The zero-order valence-electron chi connectivity index (χ0n) is 5.52. The van der Waals surface area contributed by atoms with E-state index < -0.39 is 0 Å². The fourth-order valence-electron chi connectivity index (χ4n) is 0.954. The van der Waals surface area contributed by atoms with Gasteiger partial charge in [0, 0.05) is 13.0 Å². The Hall–Kier alpha value is -0.570. The molecule has 1 fully saturated rings. The molecule has 0 aromatic rings. The Kier molecular flexibility index (Phi) is 2.05. The van der Waals surface area contributed by atoms with Gasteiger partial charge in [-0.25, -0.2) is 0 Å². The van der Waals surface area contributed by atoms with Gasteiger partial charge in [-0.3, -0.25) is 4.79 Å². The molecule has 0 bridgehead atoms. The third-order valence-corrected chi connectivity index (χ3v) is 1.40. The van der Waals surface area contributed by atoms with Gasteiger partial charge in [-0.15, -0.1) is 0 Å². The highest BCUT2D eigenvalue weighted by molar-refractivity contribution is 5.71. The summed E-state index contributed by atoms with van der Waals surface area (Å²) in [5.41, 5.74) is 0. The molecule has 52 valence electrons. The predicted molar refractivity (Wildman–Crippen MR) is 33.0 cm³/mol. The number of hydrogen-bond donors (Lipinski definition) is 1. The number of esters is 1. The first-order valence-corrected chi connectivity index (χ1v) is 3.17. The lowest BCUT2D eigenvalue weighted by atomic mass is 10.2. The molecule has 0 radical (unpaired) electrons. The van der Waals surface area contributed by atoms with Crippen LogP contribution < -0.4 is 5.32 Å².